The molecule has 1 aliphatic rings. The number of benzene rings is 2. The van der Waals surface area contributed by atoms with E-state index >= 15 is 0 Å². The Morgan fingerprint density at radius 2 is 1.90 bits per heavy atom. The van der Waals surface area contributed by atoms with E-state index in [1.165, 1.54) is 27.6 Å². The van der Waals surface area contributed by atoms with Gasteiger partial charge in [0.05, 0.1) is 0 Å². The first kappa shape index (κ1) is 14.8. The zero-order valence-electron chi connectivity index (χ0n) is 12.6. The van der Waals surface area contributed by atoms with Gasteiger partial charge in [0, 0.05) is 10.5 Å². The lowest BCUT2D eigenvalue weighted by molar-refractivity contribution is 0.485. The molecule has 1 fully saturated rings. The molecule has 0 aromatic heterocycles. The van der Waals surface area contributed by atoms with Gasteiger partial charge < -0.3 is 5.32 Å². The minimum Gasteiger partial charge on any atom is -0.310 e. The van der Waals surface area contributed by atoms with E-state index in [0.29, 0.717) is 17.9 Å². The van der Waals surface area contributed by atoms with Crippen LogP contribution in [0.15, 0.2) is 53.0 Å². The molecule has 2 aromatic rings. The van der Waals surface area contributed by atoms with Crippen LogP contribution < -0.4 is 5.32 Å². The fourth-order valence-electron chi connectivity index (χ4n) is 3.34. The van der Waals surface area contributed by atoms with Crippen molar-refractivity contribution in [1.82, 2.24) is 5.32 Å². The van der Waals surface area contributed by atoms with Gasteiger partial charge in [-0.3, -0.25) is 0 Å². The average molecular weight is 344 g/mol. The first-order chi connectivity index (χ1) is 10.2. The molecule has 0 amide bonds. The predicted molar refractivity (Wildman–Crippen MR) is 92.6 cm³/mol. The maximum absolute atomic E-state index is 3.71. The van der Waals surface area contributed by atoms with Crippen LogP contribution in [0.3, 0.4) is 0 Å². The fraction of sp³-hybridized carbons (Fsp3) is 0.368. The summed E-state index contributed by atoms with van der Waals surface area (Å²) in [4.78, 5) is 0. The van der Waals surface area contributed by atoms with Crippen molar-refractivity contribution in [3.63, 3.8) is 0 Å². The van der Waals surface area contributed by atoms with Gasteiger partial charge in [-0.05, 0) is 54.5 Å². The third-order valence-electron chi connectivity index (χ3n) is 4.56. The third kappa shape index (κ3) is 3.07. The Labute approximate surface area is 135 Å². The van der Waals surface area contributed by atoms with Crippen molar-refractivity contribution in [1.29, 1.82) is 0 Å². The van der Waals surface area contributed by atoms with Gasteiger partial charge in [0.15, 0.2) is 0 Å². The summed E-state index contributed by atoms with van der Waals surface area (Å²) >= 11 is 3.67. The van der Waals surface area contributed by atoms with Crippen molar-refractivity contribution in [3.8, 4) is 0 Å². The Hall–Kier alpha value is -1.12. The molecular weight excluding hydrogens is 322 g/mol. The molecule has 3 rings (SSSR count). The molecule has 1 nitrogen and oxygen atoms in total. The Kier molecular flexibility index (Phi) is 4.46. The topological polar surface area (TPSA) is 12.0 Å². The molecule has 1 aliphatic carbocycles. The van der Waals surface area contributed by atoms with E-state index in [1.54, 1.807) is 0 Å². The summed E-state index contributed by atoms with van der Waals surface area (Å²) < 4.78 is 1.21. The highest BCUT2D eigenvalue weighted by molar-refractivity contribution is 9.10. The standard InChI is InChI=1S/C19H22BrN/c1-3-21-19(15-10-7-11-18(20)13(15)2)17-12-16(17)14-8-5-4-6-9-14/h4-11,16-17,19,21H,3,12H2,1-2H3. The SMILES string of the molecule is CCNC(c1cccc(Br)c1C)C1CC1c1ccccc1. The molecule has 2 heteroatoms. The highest BCUT2D eigenvalue weighted by Crippen LogP contribution is 2.54. The minimum absolute atomic E-state index is 0.456. The molecule has 0 aliphatic heterocycles. The molecule has 0 bridgehead atoms. The Morgan fingerprint density at radius 1 is 1.14 bits per heavy atom. The van der Waals surface area contributed by atoms with Crippen molar-refractivity contribution in [2.45, 2.75) is 32.2 Å². The molecule has 0 heterocycles. The monoisotopic (exact) mass is 343 g/mol. The van der Waals surface area contributed by atoms with E-state index in [2.05, 4.69) is 83.6 Å². The lowest BCUT2D eigenvalue weighted by Gasteiger charge is -2.21. The van der Waals surface area contributed by atoms with E-state index in [0.717, 1.165) is 6.54 Å². The minimum atomic E-state index is 0.456. The summed E-state index contributed by atoms with van der Waals surface area (Å²) in [6.07, 6.45) is 1.29. The van der Waals surface area contributed by atoms with Crippen LogP contribution in [0.25, 0.3) is 0 Å². The molecule has 3 atom stereocenters. The van der Waals surface area contributed by atoms with E-state index in [1.807, 2.05) is 0 Å². The van der Waals surface area contributed by atoms with E-state index in [-0.39, 0.29) is 0 Å². The Morgan fingerprint density at radius 3 is 2.62 bits per heavy atom. The maximum atomic E-state index is 3.71. The van der Waals surface area contributed by atoms with Crippen molar-refractivity contribution < 1.29 is 0 Å². The second-order valence-corrected chi connectivity index (χ2v) is 6.76. The summed E-state index contributed by atoms with van der Waals surface area (Å²) in [7, 11) is 0. The van der Waals surface area contributed by atoms with Crippen molar-refractivity contribution in [3.05, 3.63) is 69.7 Å². The summed E-state index contributed by atoms with van der Waals surface area (Å²) in [5.74, 6) is 1.41. The van der Waals surface area contributed by atoms with Crippen molar-refractivity contribution in [2.24, 2.45) is 5.92 Å². The zero-order chi connectivity index (χ0) is 14.8. The molecule has 0 saturated heterocycles. The van der Waals surface area contributed by atoms with Crippen LogP contribution in [0.5, 0.6) is 0 Å². The Balaban J connectivity index is 1.85. The molecule has 2 aromatic carbocycles. The van der Waals surface area contributed by atoms with Gasteiger partial charge in [0.2, 0.25) is 0 Å². The van der Waals surface area contributed by atoms with Crippen molar-refractivity contribution in [2.75, 3.05) is 6.54 Å². The van der Waals surface area contributed by atoms with E-state index in [9.17, 15) is 0 Å². The number of rotatable bonds is 5. The van der Waals surface area contributed by atoms with Crippen LogP contribution in [0, 0.1) is 12.8 Å². The molecular formula is C19H22BrN. The second kappa shape index (κ2) is 6.33. The number of halogens is 1. The maximum Gasteiger partial charge on any atom is 0.0357 e. The quantitative estimate of drug-likeness (QED) is 0.785. The molecule has 110 valence electrons. The van der Waals surface area contributed by atoms with Gasteiger partial charge in [-0.15, -0.1) is 0 Å². The van der Waals surface area contributed by atoms with Gasteiger partial charge in [-0.2, -0.15) is 0 Å². The predicted octanol–water partition coefficient (Wildman–Crippen LogP) is 5.21. The summed E-state index contributed by atoms with van der Waals surface area (Å²) in [6.45, 7) is 5.42. The molecule has 0 spiro atoms. The number of hydrogen-bond donors (Lipinski definition) is 1. The van der Waals surface area contributed by atoms with Crippen LogP contribution in [-0.2, 0) is 0 Å². The normalized spacial score (nSPS) is 22.0. The van der Waals surface area contributed by atoms with Crippen LogP contribution in [-0.4, -0.2) is 6.54 Å². The lowest BCUT2D eigenvalue weighted by Crippen LogP contribution is -2.24. The fourth-order valence-corrected chi connectivity index (χ4v) is 3.72. The van der Waals surface area contributed by atoms with Gasteiger partial charge in [-0.1, -0.05) is 65.3 Å². The second-order valence-electron chi connectivity index (χ2n) is 5.91. The van der Waals surface area contributed by atoms with E-state index < -0.39 is 0 Å². The van der Waals surface area contributed by atoms with Crippen LogP contribution >= 0.6 is 15.9 Å². The molecule has 1 N–H and O–H groups in total. The largest absolute Gasteiger partial charge is 0.310 e. The van der Waals surface area contributed by atoms with E-state index in [4.69, 9.17) is 0 Å². The molecule has 21 heavy (non-hydrogen) atoms. The highest BCUT2D eigenvalue weighted by atomic mass is 79.9. The van der Waals surface area contributed by atoms with Gasteiger partial charge >= 0.3 is 0 Å². The van der Waals surface area contributed by atoms with Crippen molar-refractivity contribution >= 4 is 15.9 Å². The Bertz CT molecular complexity index is 608. The number of hydrogen-bond acceptors (Lipinski definition) is 1. The van der Waals surface area contributed by atoms with Crippen LogP contribution in [0.4, 0.5) is 0 Å². The van der Waals surface area contributed by atoms with Gasteiger partial charge in [0.25, 0.3) is 0 Å². The third-order valence-corrected chi connectivity index (χ3v) is 5.42. The molecule has 0 radical (unpaired) electrons. The van der Waals surface area contributed by atoms with Crippen LogP contribution in [0.2, 0.25) is 0 Å². The molecule has 3 unspecified atom stereocenters. The number of nitrogens with one attached hydrogen (secondary N) is 1. The van der Waals surface area contributed by atoms with Gasteiger partial charge in [0.1, 0.15) is 0 Å². The summed E-state index contributed by atoms with van der Waals surface area (Å²) in [5.41, 5.74) is 4.29. The summed E-state index contributed by atoms with van der Waals surface area (Å²) in [6, 6.07) is 17.9. The smallest absolute Gasteiger partial charge is 0.0357 e. The lowest BCUT2D eigenvalue weighted by atomic mass is 9.95. The first-order valence-corrected chi connectivity index (χ1v) is 8.55. The van der Waals surface area contributed by atoms with Gasteiger partial charge in [-0.25, -0.2) is 0 Å². The first-order valence-electron chi connectivity index (χ1n) is 7.75. The molecule has 1 saturated carbocycles. The zero-order valence-corrected chi connectivity index (χ0v) is 14.2. The van der Waals surface area contributed by atoms with Crippen LogP contribution in [0.1, 0.15) is 42.0 Å². The summed E-state index contributed by atoms with van der Waals surface area (Å²) in [5, 5.41) is 3.71. The highest BCUT2D eigenvalue weighted by Gasteiger charge is 2.44. The average Bonchev–Trinajstić information content (AvgIpc) is 3.29.